The van der Waals surface area contributed by atoms with Crippen LogP contribution in [0, 0.1) is 20.8 Å². The van der Waals surface area contributed by atoms with E-state index in [1.54, 1.807) is 0 Å². The SMILES string of the molecule is Cc1cc(C)c(C)c(OCC(=O)NCC(=O)[O-])c1. The Kier molecular flexibility index (Phi) is 4.71. The third-order valence-electron chi connectivity index (χ3n) is 2.55. The molecule has 5 nitrogen and oxygen atoms in total. The minimum absolute atomic E-state index is 0.211. The summed E-state index contributed by atoms with van der Waals surface area (Å²) < 4.78 is 5.37. The molecule has 0 fully saturated rings. The van der Waals surface area contributed by atoms with Crippen LogP contribution in [-0.2, 0) is 9.59 Å². The van der Waals surface area contributed by atoms with Crippen LogP contribution in [0.2, 0.25) is 0 Å². The second-order valence-corrected chi connectivity index (χ2v) is 4.14. The molecule has 18 heavy (non-hydrogen) atoms. The van der Waals surface area contributed by atoms with Gasteiger partial charge in [-0.3, -0.25) is 4.79 Å². The molecule has 0 unspecified atom stereocenters. The quantitative estimate of drug-likeness (QED) is 0.788. The lowest BCUT2D eigenvalue weighted by molar-refractivity contribution is -0.304. The Morgan fingerprint density at radius 2 is 1.94 bits per heavy atom. The van der Waals surface area contributed by atoms with E-state index in [4.69, 9.17) is 4.74 Å². The molecule has 0 radical (unpaired) electrons. The maximum atomic E-state index is 11.3. The van der Waals surface area contributed by atoms with Crippen LogP contribution >= 0.6 is 0 Å². The van der Waals surface area contributed by atoms with E-state index >= 15 is 0 Å². The highest BCUT2D eigenvalue weighted by Gasteiger charge is 2.07. The number of carbonyl (C=O) groups excluding carboxylic acids is 2. The summed E-state index contributed by atoms with van der Waals surface area (Å²) in [6.45, 7) is 5.09. The molecular weight excluding hydrogens is 234 g/mol. The predicted octanol–water partition coefficient (Wildman–Crippen LogP) is -0.143. The topological polar surface area (TPSA) is 78.5 Å². The van der Waals surface area contributed by atoms with Crippen molar-refractivity contribution in [1.82, 2.24) is 5.32 Å². The smallest absolute Gasteiger partial charge is 0.258 e. The normalized spacial score (nSPS) is 9.94. The largest absolute Gasteiger partial charge is 0.548 e. The summed E-state index contributed by atoms with van der Waals surface area (Å²) in [6.07, 6.45) is 0. The number of hydrogen-bond acceptors (Lipinski definition) is 4. The summed E-state index contributed by atoms with van der Waals surface area (Å²) in [5, 5.41) is 12.3. The fourth-order valence-corrected chi connectivity index (χ4v) is 1.52. The number of ether oxygens (including phenoxy) is 1. The molecule has 98 valence electrons. The molecule has 0 saturated heterocycles. The molecule has 1 N–H and O–H groups in total. The van der Waals surface area contributed by atoms with Gasteiger partial charge in [0.05, 0.1) is 12.5 Å². The number of rotatable bonds is 5. The third kappa shape index (κ3) is 4.08. The van der Waals surface area contributed by atoms with Crippen LogP contribution in [0.1, 0.15) is 16.7 Å². The van der Waals surface area contributed by atoms with Crippen molar-refractivity contribution in [1.29, 1.82) is 0 Å². The maximum absolute atomic E-state index is 11.3. The van der Waals surface area contributed by atoms with Crippen molar-refractivity contribution >= 4 is 11.9 Å². The molecule has 1 rings (SSSR count). The van der Waals surface area contributed by atoms with Crippen LogP contribution in [0.4, 0.5) is 0 Å². The number of benzene rings is 1. The van der Waals surface area contributed by atoms with E-state index in [1.807, 2.05) is 32.9 Å². The van der Waals surface area contributed by atoms with Gasteiger partial charge in [-0.15, -0.1) is 0 Å². The molecule has 0 bridgehead atoms. The lowest BCUT2D eigenvalue weighted by Crippen LogP contribution is -2.39. The summed E-state index contributed by atoms with van der Waals surface area (Å²) in [6, 6.07) is 3.87. The van der Waals surface area contributed by atoms with Gasteiger partial charge in [0.2, 0.25) is 0 Å². The van der Waals surface area contributed by atoms with Gasteiger partial charge in [0.1, 0.15) is 5.75 Å². The minimum Gasteiger partial charge on any atom is -0.548 e. The molecule has 0 aliphatic rings. The summed E-state index contributed by atoms with van der Waals surface area (Å²) in [4.78, 5) is 21.4. The fourth-order valence-electron chi connectivity index (χ4n) is 1.52. The van der Waals surface area contributed by atoms with Gasteiger partial charge in [0.15, 0.2) is 6.61 Å². The molecule has 0 aromatic heterocycles. The number of aryl methyl sites for hydroxylation is 2. The number of carbonyl (C=O) groups is 2. The van der Waals surface area contributed by atoms with Crippen molar-refractivity contribution < 1.29 is 19.4 Å². The lowest BCUT2D eigenvalue weighted by atomic mass is 10.1. The number of carboxylic acid groups (broad SMARTS) is 1. The molecule has 0 aliphatic heterocycles. The van der Waals surface area contributed by atoms with E-state index in [1.165, 1.54) is 0 Å². The van der Waals surface area contributed by atoms with Gasteiger partial charge in [0.25, 0.3) is 5.91 Å². The Hall–Kier alpha value is -2.04. The zero-order valence-electron chi connectivity index (χ0n) is 10.7. The second kappa shape index (κ2) is 6.05. The van der Waals surface area contributed by atoms with Gasteiger partial charge in [-0.05, 0) is 43.5 Å². The monoisotopic (exact) mass is 250 g/mol. The van der Waals surface area contributed by atoms with Gasteiger partial charge in [-0.2, -0.15) is 0 Å². The van der Waals surface area contributed by atoms with Gasteiger partial charge in [0, 0.05) is 0 Å². The number of aliphatic carboxylic acids is 1. The average molecular weight is 250 g/mol. The molecule has 0 heterocycles. The van der Waals surface area contributed by atoms with Crippen molar-refractivity contribution in [3.63, 3.8) is 0 Å². The third-order valence-corrected chi connectivity index (χ3v) is 2.55. The molecule has 1 aromatic rings. The van der Waals surface area contributed by atoms with Gasteiger partial charge < -0.3 is 20.0 Å². The Bertz CT molecular complexity index is 468. The highest BCUT2D eigenvalue weighted by atomic mass is 16.5. The molecule has 0 spiro atoms. The van der Waals surface area contributed by atoms with Crippen LogP contribution in [0.25, 0.3) is 0 Å². The molecule has 0 aliphatic carbocycles. The molecule has 0 saturated carbocycles. The first-order valence-electron chi connectivity index (χ1n) is 5.57. The fraction of sp³-hybridized carbons (Fsp3) is 0.385. The van der Waals surface area contributed by atoms with Crippen LogP contribution in [0.15, 0.2) is 12.1 Å². The van der Waals surface area contributed by atoms with Gasteiger partial charge in [-0.25, -0.2) is 0 Å². The number of nitrogens with one attached hydrogen (secondary N) is 1. The molecule has 1 aromatic carbocycles. The van der Waals surface area contributed by atoms with Crippen molar-refractivity contribution in [2.45, 2.75) is 20.8 Å². The molecule has 0 atom stereocenters. The first kappa shape index (κ1) is 14.0. The van der Waals surface area contributed by atoms with Crippen LogP contribution < -0.4 is 15.2 Å². The van der Waals surface area contributed by atoms with Gasteiger partial charge in [-0.1, -0.05) is 6.07 Å². The average Bonchev–Trinajstić information content (AvgIpc) is 2.29. The first-order chi connectivity index (χ1) is 8.40. The predicted molar refractivity (Wildman–Crippen MR) is 64.2 cm³/mol. The summed E-state index contributed by atoms with van der Waals surface area (Å²) in [7, 11) is 0. The number of hydrogen-bond donors (Lipinski definition) is 1. The Labute approximate surface area is 106 Å². The molecular formula is C13H16NO4-. The lowest BCUT2D eigenvalue weighted by Gasteiger charge is -2.12. The van der Waals surface area contributed by atoms with E-state index in [0.29, 0.717) is 5.75 Å². The summed E-state index contributed by atoms with van der Waals surface area (Å²) in [5.74, 6) is -1.18. The maximum Gasteiger partial charge on any atom is 0.258 e. The zero-order valence-corrected chi connectivity index (χ0v) is 10.7. The highest BCUT2D eigenvalue weighted by Crippen LogP contribution is 2.22. The van der Waals surface area contributed by atoms with E-state index in [0.717, 1.165) is 16.7 Å². The number of carboxylic acids is 1. The zero-order chi connectivity index (χ0) is 13.7. The molecule has 1 amide bonds. The van der Waals surface area contributed by atoms with Crippen molar-refractivity contribution in [2.24, 2.45) is 0 Å². The Morgan fingerprint density at radius 1 is 1.28 bits per heavy atom. The van der Waals surface area contributed by atoms with E-state index < -0.39 is 18.4 Å². The summed E-state index contributed by atoms with van der Waals surface area (Å²) in [5.41, 5.74) is 3.09. The van der Waals surface area contributed by atoms with Crippen LogP contribution in [0.5, 0.6) is 5.75 Å². The van der Waals surface area contributed by atoms with E-state index in [9.17, 15) is 14.7 Å². The van der Waals surface area contributed by atoms with Crippen LogP contribution in [-0.4, -0.2) is 25.0 Å². The highest BCUT2D eigenvalue weighted by molar-refractivity contribution is 5.81. The minimum atomic E-state index is -1.33. The van der Waals surface area contributed by atoms with E-state index in [2.05, 4.69) is 5.32 Å². The van der Waals surface area contributed by atoms with Gasteiger partial charge >= 0.3 is 0 Å². The first-order valence-corrected chi connectivity index (χ1v) is 5.57. The van der Waals surface area contributed by atoms with Crippen molar-refractivity contribution in [3.8, 4) is 5.75 Å². The van der Waals surface area contributed by atoms with E-state index in [-0.39, 0.29) is 6.61 Å². The molecule has 5 heteroatoms. The standard InChI is InChI=1S/C13H17NO4/c1-8-4-9(2)10(3)11(5-8)18-7-12(15)14-6-13(16)17/h4-5H,6-7H2,1-3H3,(H,14,15)(H,16,17)/p-1. The second-order valence-electron chi connectivity index (χ2n) is 4.14. The van der Waals surface area contributed by atoms with Crippen molar-refractivity contribution in [2.75, 3.05) is 13.2 Å². The summed E-state index contributed by atoms with van der Waals surface area (Å²) >= 11 is 0. The Morgan fingerprint density at radius 3 is 2.56 bits per heavy atom. The number of amides is 1. The van der Waals surface area contributed by atoms with Crippen LogP contribution in [0.3, 0.4) is 0 Å². The Balaban J connectivity index is 2.58. The van der Waals surface area contributed by atoms with Crippen molar-refractivity contribution in [3.05, 3.63) is 28.8 Å².